The first-order valence-corrected chi connectivity index (χ1v) is 6.82. The van der Waals surface area contributed by atoms with Gasteiger partial charge >= 0.3 is 0 Å². The van der Waals surface area contributed by atoms with E-state index in [1.54, 1.807) is 17.3 Å². The fraction of sp³-hybridized carbons (Fsp3) is 0.533. The minimum absolute atomic E-state index is 0.00148. The van der Waals surface area contributed by atoms with E-state index >= 15 is 0 Å². The maximum absolute atomic E-state index is 12.7. The molecule has 0 saturated carbocycles. The largest absolute Gasteiger partial charge is 0.337 e. The number of hydrogen-bond acceptors (Lipinski definition) is 4. The van der Waals surface area contributed by atoms with Gasteiger partial charge in [-0.25, -0.2) is 0 Å². The summed E-state index contributed by atoms with van der Waals surface area (Å²) in [6, 6.07) is 5.85. The summed E-state index contributed by atoms with van der Waals surface area (Å²) in [5.74, 6) is 0.00148. The number of hydrogen-bond donors (Lipinski definition) is 1. The van der Waals surface area contributed by atoms with Gasteiger partial charge in [-0.05, 0) is 25.0 Å². The van der Waals surface area contributed by atoms with Gasteiger partial charge in [0, 0.05) is 32.0 Å². The van der Waals surface area contributed by atoms with Gasteiger partial charge in [0.05, 0.1) is 17.9 Å². The van der Waals surface area contributed by atoms with Gasteiger partial charge in [0.15, 0.2) is 0 Å². The van der Waals surface area contributed by atoms with Gasteiger partial charge in [0.1, 0.15) is 0 Å². The van der Waals surface area contributed by atoms with Crippen molar-refractivity contribution in [2.24, 2.45) is 11.1 Å². The number of nitrogens with two attached hydrogens (primary N) is 1. The quantitative estimate of drug-likeness (QED) is 0.820. The smallest absolute Gasteiger partial charge is 0.230 e. The molecule has 0 radical (unpaired) electrons. The average molecular weight is 274 g/mol. The van der Waals surface area contributed by atoms with E-state index in [0.717, 1.165) is 5.56 Å². The van der Waals surface area contributed by atoms with E-state index in [-0.39, 0.29) is 5.91 Å². The molecule has 1 rings (SSSR count). The molecular weight excluding hydrogens is 252 g/mol. The second-order valence-electron chi connectivity index (χ2n) is 5.11. The third-order valence-electron chi connectivity index (χ3n) is 3.62. The summed E-state index contributed by atoms with van der Waals surface area (Å²) in [4.78, 5) is 18.4. The molecule has 1 aromatic rings. The lowest BCUT2D eigenvalue weighted by Crippen LogP contribution is -2.46. The number of carbonyl (C=O) groups is 1. The molecular formula is C15H22N4O. The Hall–Kier alpha value is -1.93. The van der Waals surface area contributed by atoms with Crippen LogP contribution in [0.15, 0.2) is 24.5 Å². The average Bonchev–Trinajstić information content (AvgIpc) is 2.50. The monoisotopic (exact) mass is 274 g/mol. The van der Waals surface area contributed by atoms with E-state index in [9.17, 15) is 4.79 Å². The first-order valence-electron chi connectivity index (χ1n) is 6.82. The van der Waals surface area contributed by atoms with E-state index in [1.807, 2.05) is 26.0 Å². The summed E-state index contributed by atoms with van der Waals surface area (Å²) < 4.78 is 0. The first-order chi connectivity index (χ1) is 9.57. The van der Waals surface area contributed by atoms with Gasteiger partial charge < -0.3 is 10.6 Å². The van der Waals surface area contributed by atoms with Crippen molar-refractivity contribution in [3.63, 3.8) is 0 Å². The van der Waals surface area contributed by atoms with Crippen molar-refractivity contribution in [3.8, 4) is 6.07 Å². The van der Waals surface area contributed by atoms with Crippen molar-refractivity contribution >= 4 is 5.91 Å². The van der Waals surface area contributed by atoms with Crippen LogP contribution in [-0.2, 0) is 11.3 Å². The molecule has 0 aliphatic carbocycles. The predicted octanol–water partition coefficient (Wildman–Crippen LogP) is 1.70. The second kappa shape index (κ2) is 7.61. The molecule has 20 heavy (non-hydrogen) atoms. The van der Waals surface area contributed by atoms with Crippen LogP contribution < -0.4 is 5.73 Å². The van der Waals surface area contributed by atoms with Gasteiger partial charge in [0.25, 0.3) is 0 Å². The molecule has 1 heterocycles. The number of amides is 1. The van der Waals surface area contributed by atoms with Crippen molar-refractivity contribution < 1.29 is 4.79 Å². The van der Waals surface area contributed by atoms with Crippen molar-refractivity contribution in [2.45, 2.75) is 33.2 Å². The Labute approximate surface area is 120 Å². The zero-order valence-corrected chi connectivity index (χ0v) is 12.2. The van der Waals surface area contributed by atoms with Crippen molar-refractivity contribution in [1.29, 1.82) is 5.26 Å². The molecule has 0 aliphatic heterocycles. The van der Waals surface area contributed by atoms with Gasteiger partial charge in [-0.2, -0.15) is 5.26 Å². The van der Waals surface area contributed by atoms with E-state index in [2.05, 4.69) is 11.1 Å². The van der Waals surface area contributed by atoms with Gasteiger partial charge in [-0.15, -0.1) is 0 Å². The lowest BCUT2D eigenvalue weighted by molar-refractivity contribution is -0.141. The number of carbonyl (C=O) groups excluding carboxylic acids is 1. The molecule has 0 aromatic carbocycles. The summed E-state index contributed by atoms with van der Waals surface area (Å²) in [5.41, 5.74) is 6.13. The minimum Gasteiger partial charge on any atom is -0.337 e. The summed E-state index contributed by atoms with van der Waals surface area (Å²) in [6.45, 7) is 5.01. The number of rotatable bonds is 7. The number of nitriles is 1. The van der Waals surface area contributed by atoms with E-state index < -0.39 is 5.41 Å². The Balaban J connectivity index is 2.89. The standard InChI is InChI=1S/C15H22N4O/c1-3-15(2,12-17)14(20)19(9-5-7-16)11-13-6-4-8-18-10-13/h4,6,8,10H,3,5,9,11-12,17H2,1-2H3. The number of aromatic nitrogens is 1. The maximum atomic E-state index is 12.7. The van der Waals surface area contributed by atoms with E-state index in [0.29, 0.717) is 32.5 Å². The fourth-order valence-corrected chi connectivity index (χ4v) is 1.91. The molecule has 0 fully saturated rings. The normalized spacial score (nSPS) is 13.3. The van der Waals surface area contributed by atoms with Crippen LogP contribution in [-0.4, -0.2) is 28.9 Å². The molecule has 0 bridgehead atoms. The summed E-state index contributed by atoms with van der Waals surface area (Å²) >= 11 is 0. The third-order valence-corrected chi connectivity index (χ3v) is 3.62. The second-order valence-corrected chi connectivity index (χ2v) is 5.11. The molecule has 0 spiro atoms. The van der Waals surface area contributed by atoms with Gasteiger partial charge in [-0.3, -0.25) is 9.78 Å². The number of pyridine rings is 1. The lowest BCUT2D eigenvalue weighted by Gasteiger charge is -2.32. The summed E-state index contributed by atoms with van der Waals surface area (Å²) in [6.07, 6.45) is 4.42. The van der Waals surface area contributed by atoms with E-state index in [4.69, 9.17) is 11.0 Å². The molecule has 1 unspecified atom stereocenters. The highest BCUT2D eigenvalue weighted by atomic mass is 16.2. The zero-order valence-electron chi connectivity index (χ0n) is 12.2. The number of nitrogens with zero attached hydrogens (tertiary/aromatic N) is 3. The zero-order chi connectivity index (χ0) is 15.0. The van der Waals surface area contributed by atoms with Crippen molar-refractivity contribution in [2.75, 3.05) is 13.1 Å². The highest BCUT2D eigenvalue weighted by molar-refractivity contribution is 5.82. The van der Waals surface area contributed by atoms with Crippen LogP contribution in [0.25, 0.3) is 0 Å². The van der Waals surface area contributed by atoms with Crippen LogP contribution in [0.3, 0.4) is 0 Å². The van der Waals surface area contributed by atoms with Crippen LogP contribution in [0.5, 0.6) is 0 Å². The maximum Gasteiger partial charge on any atom is 0.230 e. The molecule has 1 atom stereocenters. The summed E-state index contributed by atoms with van der Waals surface area (Å²) in [7, 11) is 0. The van der Waals surface area contributed by atoms with Crippen LogP contribution in [0, 0.1) is 16.7 Å². The molecule has 108 valence electrons. The molecule has 5 heteroatoms. The Morgan fingerprint density at radius 1 is 1.60 bits per heavy atom. The third kappa shape index (κ3) is 4.04. The lowest BCUT2D eigenvalue weighted by atomic mass is 9.86. The molecule has 0 saturated heterocycles. The van der Waals surface area contributed by atoms with Crippen LogP contribution in [0.4, 0.5) is 0 Å². The summed E-state index contributed by atoms with van der Waals surface area (Å²) in [5, 5.41) is 8.76. The van der Waals surface area contributed by atoms with E-state index in [1.165, 1.54) is 0 Å². The molecule has 0 aliphatic rings. The SMILES string of the molecule is CCC(C)(CN)C(=O)N(CCC#N)Cc1cccnc1. The molecule has 1 aromatic heterocycles. The Kier molecular flexibility index (Phi) is 6.13. The van der Waals surface area contributed by atoms with Gasteiger partial charge in [-0.1, -0.05) is 13.0 Å². The van der Waals surface area contributed by atoms with Crippen molar-refractivity contribution in [1.82, 2.24) is 9.88 Å². The van der Waals surface area contributed by atoms with Crippen LogP contribution in [0.1, 0.15) is 32.3 Å². The van der Waals surface area contributed by atoms with Crippen LogP contribution >= 0.6 is 0 Å². The Bertz CT molecular complexity index is 463. The Morgan fingerprint density at radius 2 is 2.35 bits per heavy atom. The van der Waals surface area contributed by atoms with Crippen molar-refractivity contribution in [3.05, 3.63) is 30.1 Å². The predicted molar refractivity (Wildman–Crippen MR) is 77.3 cm³/mol. The minimum atomic E-state index is -0.572. The highest BCUT2D eigenvalue weighted by Crippen LogP contribution is 2.23. The topological polar surface area (TPSA) is 83.0 Å². The fourth-order valence-electron chi connectivity index (χ4n) is 1.91. The Morgan fingerprint density at radius 3 is 2.85 bits per heavy atom. The first kappa shape index (κ1) is 16.1. The van der Waals surface area contributed by atoms with Crippen LogP contribution in [0.2, 0.25) is 0 Å². The molecule has 1 amide bonds. The molecule has 2 N–H and O–H groups in total. The van der Waals surface area contributed by atoms with Gasteiger partial charge in [0.2, 0.25) is 5.91 Å². The molecule has 5 nitrogen and oxygen atoms in total. The highest BCUT2D eigenvalue weighted by Gasteiger charge is 2.33.